The Morgan fingerprint density at radius 1 is 1.41 bits per heavy atom. The topological polar surface area (TPSA) is 20.3 Å². The molecule has 0 fully saturated rings. The van der Waals surface area contributed by atoms with Crippen molar-refractivity contribution in [2.75, 3.05) is 14.1 Å². The second-order valence-electron chi connectivity index (χ2n) is 4.59. The normalized spacial score (nSPS) is 14.2. The first-order valence-corrected chi connectivity index (χ1v) is 6.31. The van der Waals surface area contributed by atoms with Crippen molar-refractivity contribution in [1.82, 2.24) is 4.90 Å². The number of benzene rings is 1. The molecular weight excluding hydrogens is 234 g/mol. The lowest BCUT2D eigenvalue weighted by atomic mass is 9.84. The average molecular weight is 254 g/mol. The van der Waals surface area contributed by atoms with Crippen molar-refractivity contribution in [2.45, 2.75) is 26.2 Å². The summed E-state index contributed by atoms with van der Waals surface area (Å²) in [4.78, 5) is 13.6. The van der Waals surface area contributed by atoms with Gasteiger partial charge in [0.05, 0.1) is 0 Å². The van der Waals surface area contributed by atoms with Crippen molar-refractivity contribution in [3.05, 3.63) is 34.9 Å². The third-order valence-electron chi connectivity index (χ3n) is 3.15. The molecule has 2 nitrogen and oxygen atoms in total. The van der Waals surface area contributed by atoms with E-state index in [4.69, 9.17) is 11.6 Å². The summed E-state index contributed by atoms with van der Waals surface area (Å²) in [5.41, 5.74) is 1.14. The van der Waals surface area contributed by atoms with Crippen LogP contribution in [0.25, 0.3) is 0 Å². The minimum absolute atomic E-state index is 0.0199. The summed E-state index contributed by atoms with van der Waals surface area (Å²) in [6.45, 7) is 4.09. The molecule has 0 saturated heterocycles. The highest BCUT2D eigenvalue weighted by Gasteiger charge is 2.25. The molecule has 1 amide bonds. The van der Waals surface area contributed by atoms with Crippen molar-refractivity contribution in [2.24, 2.45) is 5.92 Å². The Kier molecular flexibility index (Phi) is 5.01. The maximum absolute atomic E-state index is 12.0. The number of rotatable bonds is 4. The number of halogens is 1. The second kappa shape index (κ2) is 6.06. The Morgan fingerprint density at radius 3 is 2.53 bits per heavy atom. The van der Waals surface area contributed by atoms with E-state index in [9.17, 15) is 4.79 Å². The first kappa shape index (κ1) is 14.0. The molecule has 0 radical (unpaired) electrons. The third kappa shape index (κ3) is 3.47. The fourth-order valence-electron chi connectivity index (χ4n) is 2.19. The maximum Gasteiger partial charge on any atom is 0.225 e. The van der Waals surface area contributed by atoms with E-state index in [2.05, 4.69) is 6.92 Å². The van der Waals surface area contributed by atoms with Crippen LogP contribution in [-0.4, -0.2) is 24.9 Å². The maximum atomic E-state index is 12.0. The summed E-state index contributed by atoms with van der Waals surface area (Å²) >= 11 is 6.00. The molecule has 0 aromatic heterocycles. The summed E-state index contributed by atoms with van der Waals surface area (Å²) < 4.78 is 0. The molecule has 3 heteroatoms. The zero-order chi connectivity index (χ0) is 13.0. The van der Waals surface area contributed by atoms with Crippen molar-refractivity contribution in [3.8, 4) is 0 Å². The monoisotopic (exact) mass is 253 g/mol. The van der Waals surface area contributed by atoms with Gasteiger partial charge in [0.1, 0.15) is 0 Å². The van der Waals surface area contributed by atoms with Gasteiger partial charge >= 0.3 is 0 Å². The van der Waals surface area contributed by atoms with Crippen molar-refractivity contribution >= 4 is 17.5 Å². The van der Waals surface area contributed by atoms with E-state index in [0.717, 1.165) is 17.0 Å². The Labute approximate surface area is 109 Å². The summed E-state index contributed by atoms with van der Waals surface area (Å²) in [5, 5.41) is 0.727. The quantitative estimate of drug-likeness (QED) is 0.804. The largest absolute Gasteiger partial charge is 0.349 e. The molecule has 1 rings (SSSR count). The van der Waals surface area contributed by atoms with Crippen LogP contribution < -0.4 is 0 Å². The molecule has 0 aliphatic rings. The van der Waals surface area contributed by atoms with Gasteiger partial charge in [-0.05, 0) is 30.0 Å². The van der Waals surface area contributed by atoms with Gasteiger partial charge in [-0.15, -0.1) is 0 Å². The fraction of sp³-hybridized carbons (Fsp3) is 0.500. The zero-order valence-corrected chi connectivity index (χ0v) is 11.7. The lowest BCUT2D eigenvalue weighted by Gasteiger charge is -2.25. The predicted octanol–water partition coefficient (Wildman–Crippen LogP) is 3.56. The van der Waals surface area contributed by atoms with E-state index in [1.54, 1.807) is 19.0 Å². The molecule has 0 aliphatic heterocycles. The molecule has 0 N–H and O–H groups in total. The fourth-order valence-corrected chi connectivity index (χ4v) is 2.39. The highest BCUT2D eigenvalue weighted by Crippen LogP contribution is 2.30. The van der Waals surface area contributed by atoms with Gasteiger partial charge in [-0.2, -0.15) is 0 Å². The van der Waals surface area contributed by atoms with E-state index >= 15 is 0 Å². The molecule has 0 spiro atoms. The van der Waals surface area contributed by atoms with E-state index in [-0.39, 0.29) is 17.7 Å². The van der Waals surface area contributed by atoms with E-state index in [0.29, 0.717) is 0 Å². The molecule has 17 heavy (non-hydrogen) atoms. The number of nitrogens with zero attached hydrogens (tertiary/aromatic N) is 1. The molecule has 0 saturated carbocycles. The molecule has 0 aliphatic carbocycles. The molecule has 1 aromatic rings. The Morgan fingerprint density at radius 2 is 2.06 bits per heavy atom. The van der Waals surface area contributed by atoms with Gasteiger partial charge in [0, 0.05) is 25.0 Å². The lowest BCUT2D eigenvalue weighted by molar-refractivity contribution is -0.133. The van der Waals surface area contributed by atoms with Gasteiger partial charge in [0.15, 0.2) is 0 Å². The van der Waals surface area contributed by atoms with Crippen LogP contribution in [0.3, 0.4) is 0 Å². The number of amides is 1. The highest BCUT2D eigenvalue weighted by atomic mass is 35.5. The van der Waals surface area contributed by atoms with Crippen LogP contribution in [-0.2, 0) is 4.79 Å². The molecule has 94 valence electrons. The first-order chi connectivity index (χ1) is 7.97. The van der Waals surface area contributed by atoms with Crippen molar-refractivity contribution < 1.29 is 4.79 Å². The molecule has 2 unspecified atom stereocenters. The Bertz CT molecular complexity index is 390. The molecular formula is C14H20ClNO. The van der Waals surface area contributed by atoms with Gasteiger partial charge < -0.3 is 4.90 Å². The van der Waals surface area contributed by atoms with Gasteiger partial charge in [-0.1, -0.05) is 37.6 Å². The lowest BCUT2D eigenvalue weighted by Crippen LogP contribution is -2.31. The van der Waals surface area contributed by atoms with Gasteiger partial charge in [-0.25, -0.2) is 0 Å². The Hall–Kier alpha value is -1.02. The van der Waals surface area contributed by atoms with E-state index in [1.165, 1.54) is 0 Å². The highest BCUT2D eigenvalue weighted by molar-refractivity contribution is 6.30. The van der Waals surface area contributed by atoms with E-state index in [1.807, 2.05) is 31.2 Å². The second-order valence-corrected chi connectivity index (χ2v) is 5.03. The van der Waals surface area contributed by atoms with E-state index < -0.39 is 0 Å². The average Bonchev–Trinajstić information content (AvgIpc) is 2.28. The van der Waals surface area contributed by atoms with Crippen LogP contribution in [0.1, 0.15) is 31.7 Å². The summed E-state index contributed by atoms with van der Waals surface area (Å²) in [6.07, 6.45) is 0.932. The smallest absolute Gasteiger partial charge is 0.225 e. The SMILES string of the molecule is CCC(c1cccc(Cl)c1)C(C)C(=O)N(C)C. The minimum atomic E-state index is -0.0199. The molecule has 0 bridgehead atoms. The summed E-state index contributed by atoms with van der Waals surface area (Å²) in [5.74, 6) is 0.369. The molecule has 1 aromatic carbocycles. The number of carbonyl (C=O) groups excluding carboxylic acids is 1. The standard InChI is InChI=1S/C14H20ClNO/c1-5-13(10(2)14(17)16(3)4)11-7-6-8-12(15)9-11/h6-10,13H,5H2,1-4H3. The first-order valence-electron chi connectivity index (χ1n) is 5.94. The zero-order valence-electron chi connectivity index (χ0n) is 10.9. The minimum Gasteiger partial charge on any atom is -0.349 e. The van der Waals surface area contributed by atoms with Crippen LogP contribution in [0.5, 0.6) is 0 Å². The Balaban J connectivity index is 2.95. The third-order valence-corrected chi connectivity index (χ3v) is 3.39. The number of hydrogen-bond acceptors (Lipinski definition) is 1. The van der Waals surface area contributed by atoms with Gasteiger partial charge in [0.2, 0.25) is 5.91 Å². The van der Waals surface area contributed by atoms with Crippen LogP contribution in [0, 0.1) is 5.92 Å². The van der Waals surface area contributed by atoms with Gasteiger partial charge in [-0.3, -0.25) is 4.79 Å². The van der Waals surface area contributed by atoms with Crippen molar-refractivity contribution in [1.29, 1.82) is 0 Å². The number of carbonyl (C=O) groups is 1. The van der Waals surface area contributed by atoms with Crippen LogP contribution in [0.4, 0.5) is 0 Å². The van der Waals surface area contributed by atoms with Crippen LogP contribution in [0.15, 0.2) is 24.3 Å². The predicted molar refractivity (Wildman–Crippen MR) is 72.3 cm³/mol. The van der Waals surface area contributed by atoms with Crippen LogP contribution in [0.2, 0.25) is 5.02 Å². The van der Waals surface area contributed by atoms with Crippen molar-refractivity contribution in [3.63, 3.8) is 0 Å². The number of hydrogen-bond donors (Lipinski definition) is 0. The molecule has 2 atom stereocenters. The van der Waals surface area contributed by atoms with Gasteiger partial charge in [0.25, 0.3) is 0 Å². The molecule has 0 heterocycles. The van der Waals surface area contributed by atoms with Crippen LogP contribution >= 0.6 is 11.6 Å². The summed E-state index contributed by atoms with van der Waals surface area (Å²) in [6, 6.07) is 7.79. The summed E-state index contributed by atoms with van der Waals surface area (Å²) in [7, 11) is 3.59.